The van der Waals surface area contributed by atoms with Crippen LogP contribution in [0.1, 0.15) is 17.5 Å². The molecule has 0 aromatic heterocycles. The number of halogens is 2. The Labute approximate surface area is 257 Å². The molecule has 3 aromatic carbocycles. The summed E-state index contributed by atoms with van der Waals surface area (Å²) in [6.07, 6.45) is 0.0967. The van der Waals surface area contributed by atoms with Crippen LogP contribution < -0.4 is 10.6 Å². The van der Waals surface area contributed by atoms with E-state index < -0.39 is 41.5 Å². The van der Waals surface area contributed by atoms with Gasteiger partial charge in [-0.1, -0.05) is 100 Å². The highest BCUT2D eigenvalue weighted by Gasteiger charge is 2.77. The van der Waals surface area contributed by atoms with Gasteiger partial charge in [0.1, 0.15) is 11.6 Å². The third kappa shape index (κ3) is 5.02. The number of hydrogen-bond donors (Lipinski definition) is 3. The molecule has 2 bridgehead atoms. The van der Waals surface area contributed by atoms with Crippen LogP contribution in [0.4, 0.5) is 5.69 Å². The van der Waals surface area contributed by atoms with Gasteiger partial charge in [-0.2, -0.15) is 0 Å². The Morgan fingerprint density at radius 1 is 1.00 bits per heavy atom. The Bertz CT molecular complexity index is 1480. The number of carbonyl (C=O) groups is 3. The normalized spacial score (nSPS) is 28.4. The maximum absolute atomic E-state index is 14.4. The number of anilines is 1. The number of aliphatic hydroxyl groups is 1. The smallest absolute Gasteiger partial charge is 0.250 e. The lowest BCUT2D eigenvalue weighted by molar-refractivity contribution is -0.144. The molecule has 3 N–H and O–H groups in total. The predicted molar refractivity (Wildman–Crippen MR) is 162 cm³/mol. The van der Waals surface area contributed by atoms with Crippen molar-refractivity contribution in [2.24, 2.45) is 11.8 Å². The topological polar surface area (TPSA) is 108 Å². The van der Waals surface area contributed by atoms with E-state index in [0.717, 1.165) is 11.1 Å². The quantitative estimate of drug-likeness (QED) is 0.304. The van der Waals surface area contributed by atoms with E-state index in [9.17, 15) is 19.5 Å². The Hall–Kier alpha value is -3.24. The highest BCUT2D eigenvalue weighted by atomic mass is 79.9. The fourth-order valence-electron chi connectivity index (χ4n) is 6.86. The molecule has 42 heavy (non-hydrogen) atoms. The number of ether oxygens (including phenoxy) is 1. The fraction of sp³-hybridized carbons (Fsp3) is 0.344. The number of nitrogens with zero attached hydrogens (tertiary/aromatic N) is 1. The Balaban J connectivity index is 1.36. The van der Waals surface area contributed by atoms with Crippen molar-refractivity contribution in [3.8, 4) is 0 Å². The summed E-state index contributed by atoms with van der Waals surface area (Å²) in [5.41, 5.74) is 0.977. The van der Waals surface area contributed by atoms with E-state index in [1.807, 2.05) is 60.7 Å². The summed E-state index contributed by atoms with van der Waals surface area (Å²) in [7, 11) is 0. The lowest BCUT2D eigenvalue weighted by Gasteiger charge is -2.37. The van der Waals surface area contributed by atoms with Crippen molar-refractivity contribution in [2.45, 2.75) is 48.0 Å². The molecule has 3 aromatic rings. The van der Waals surface area contributed by atoms with Gasteiger partial charge in [-0.05, 0) is 36.1 Å². The number of aliphatic hydroxyl groups excluding tert-OH is 1. The number of para-hydroxylation sites is 1. The van der Waals surface area contributed by atoms with Gasteiger partial charge in [-0.25, -0.2) is 0 Å². The largest absolute Gasteiger partial charge is 0.394 e. The van der Waals surface area contributed by atoms with Crippen molar-refractivity contribution in [2.75, 3.05) is 11.9 Å². The monoisotopic (exact) mass is 651 g/mol. The van der Waals surface area contributed by atoms with Crippen molar-refractivity contribution in [3.05, 3.63) is 101 Å². The summed E-state index contributed by atoms with van der Waals surface area (Å²) < 4.78 is 6.58. The minimum Gasteiger partial charge on any atom is -0.394 e. The molecule has 3 fully saturated rings. The van der Waals surface area contributed by atoms with E-state index in [-0.39, 0.29) is 23.2 Å². The van der Waals surface area contributed by atoms with Crippen molar-refractivity contribution in [1.29, 1.82) is 0 Å². The highest BCUT2D eigenvalue weighted by molar-refractivity contribution is 9.09. The molecular formula is C32H31BrClN3O5. The zero-order chi connectivity index (χ0) is 29.4. The minimum absolute atomic E-state index is 0.244. The fourth-order valence-corrected chi connectivity index (χ4v) is 7.99. The van der Waals surface area contributed by atoms with Crippen LogP contribution in [0.5, 0.6) is 0 Å². The molecule has 3 unspecified atom stereocenters. The summed E-state index contributed by atoms with van der Waals surface area (Å²) >= 11 is 10.1. The molecule has 3 amide bonds. The van der Waals surface area contributed by atoms with E-state index in [1.165, 1.54) is 4.90 Å². The van der Waals surface area contributed by atoms with Gasteiger partial charge in [0, 0.05) is 11.4 Å². The first-order valence-corrected chi connectivity index (χ1v) is 15.3. The number of amides is 3. The molecule has 0 radical (unpaired) electrons. The first-order valence-electron chi connectivity index (χ1n) is 14.0. The molecule has 8 nitrogen and oxygen atoms in total. The van der Waals surface area contributed by atoms with Crippen LogP contribution in [0.3, 0.4) is 0 Å². The summed E-state index contributed by atoms with van der Waals surface area (Å²) in [6, 6.07) is 24.1. The predicted octanol–water partition coefficient (Wildman–Crippen LogP) is 3.95. The second-order valence-corrected chi connectivity index (χ2v) is 12.7. The lowest BCUT2D eigenvalue weighted by atomic mass is 9.70. The van der Waals surface area contributed by atoms with E-state index in [0.29, 0.717) is 30.1 Å². The molecule has 0 aliphatic carbocycles. The number of likely N-dealkylation sites (tertiary alicyclic amines) is 1. The summed E-state index contributed by atoms with van der Waals surface area (Å²) in [5.74, 6) is -2.85. The molecular weight excluding hydrogens is 622 g/mol. The Morgan fingerprint density at radius 2 is 1.64 bits per heavy atom. The zero-order valence-electron chi connectivity index (χ0n) is 22.7. The van der Waals surface area contributed by atoms with Crippen LogP contribution in [0.25, 0.3) is 0 Å². The third-order valence-corrected chi connectivity index (χ3v) is 9.81. The number of nitrogens with one attached hydrogen (secondary N) is 2. The summed E-state index contributed by atoms with van der Waals surface area (Å²) in [5, 5.41) is 16.8. The molecule has 1 spiro atoms. The van der Waals surface area contributed by atoms with Gasteiger partial charge in [0.05, 0.1) is 41.3 Å². The molecule has 6 rings (SSSR count). The summed E-state index contributed by atoms with van der Waals surface area (Å²) in [4.78, 5) is 43.6. The second-order valence-electron chi connectivity index (χ2n) is 11.1. The van der Waals surface area contributed by atoms with Gasteiger partial charge in [-0.15, -0.1) is 0 Å². The molecule has 7 atom stereocenters. The van der Waals surface area contributed by atoms with Crippen LogP contribution in [0.15, 0.2) is 84.9 Å². The molecule has 3 saturated heterocycles. The molecule has 10 heteroatoms. The average molecular weight is 653 g/mol. The number of benzene rings is 3. The SMILES string of the molecule is O=C(Nc1ccccc1Cl)C1N([C@@H](CO)Cc2ccccc2)C(=O)[C@@H]2[C@@H](C(=O)NCc3ccccc3)[C@@H]3OC12CC3Br. The molecule has 3 aliphatic rings. The molecule has 0 saturated carbocycles. The third-order valence-electron chi connectivity index (χ3n) is 8.64. The zero-order valence-corrected chi connectivity index (χ0v) is 25.0. The maximum atomic E-state index is 14.4. The van der Waals surface area contributed by atoms with Crippen LogP contribution in [-0.4, -0.2) is 63.0 Å². The highest BCUT2D eigenvalue weighted by Crippen LogP contribution is 2.60. The lowest BCUT2D eigenvalue weighted by Crippen LogP contribution is -2.57. The van der Waals surface area contributed by atoms with Gasteiger partial charge in [-0.3, -0.25) is 14.4 Å². The number of rotatable bonds is 9. The van der Waals surface area contributed by atoms with Crippen LogP contribution in [-0.2, 0) is 32.1 Å². The summed E-state index contributed by atoms with van der Waals surface area (Å²) in [6.45, 7) is -0.0670. The molecule has 218 valence electrons. The van der Waals surface area contributed by atoms with E-state index in [2.05, 4.69) is 26.6 Å². The maximum Gasteiger partial charge on any atom is 0.250 e. The first kappa shape index (κ1) is 28.9. The van der Waals surface area contributed by atoms with E-state index >= 15 is 0 Å². The Morgan fingerprint density at radius 3 is 2.31 bits per heavy atom. The second kappa shape index (κ2) is 11.8. The first-order chi connectivity index (χ1) is 20.3. The average Bonchev–Trinajstić information content (AvgIpc) is 3.60. The van der Waals surface area contributed by atoms with E-state index in [1.54, 1.807) is 24.3 Å². The molecule has 3 heterocycles. The Kier molecular flexibility index (Phi) is 8.11. The standard InChI is InChI=1S/C32H31BrClN3O5/c33-22-16-32-26(25(27(22)42-32)29(39)35-17-20-11-5-2-6-12-20)31(41)37(21(18-38)15-19-9-3-1-4-10-19)28(32)30(40)36-24-14-8-7-13-23(24)34/h1-14,21-22,25-28,38H,15-18H2,(H,35,39)(H,36,40)/t21-,22?,25-,26+,27-,28?,32?/m1/s1. The molecule has 3 aliphatic heterocycles. The number of carbonyl (C=O) groups excluding carboxylic acids is 3. The van der Waals surface area contributed by atoms with Crippen molar-refractivity contribution in [3.63, 3.8) is 0 Å². The van der Waals surface area contributed by atoms with Gasteiger partial charge in [0.15, 0.2) is 0 Å². The van der Waals surface area contributed by atoms with Gasteiger partial charge < -0.3 is 25.4 Å². The van der Waals surface area contributed by atoms with Crippen molar-refractivity contribution in [1.82, 2.24) is 10.2 Å². The minimum atomic E-state index is -1.26. The number of hydrogen-bond acceptors (Lipinski definition) is 5. The van der Waals surface area contributed by atoms with Gasteiger partial charge in [0.25, 0.3) is 0 Å². The number of fused-ring (bicyclic) bond motifs is 1. The van der Waals surface area contributed by atoms with Gasteiger partial charge in [0.2, 0.25) is 17.7 Å². The van der Waals surface area contributed by atoms with Gasteiger partial charge >= 0.3 is 0 Å². The van der Waals surface area contributed by atoms with E-state index in [4.69, 9.17) is 16.3 Å². The van der Waals surface area contributed by atoms with Crippen LogP contribution >= 0.6 is 27.5 Å². The number of alkyl halides is 1. The van der Waals surface area contributed by atoms with Crippen LogP contribution in [0.2, 0.25) is 5.02 Å². The van der Waals surface area contributed by atoms with Crippen molar-refractivity contribution < 1.29 is 24.2 Å². The van der Waals surface area contributed by atoms with Crippen molar-refractivity contribution >= 4 is 50.9 Å². The van der Waals surface area contributed by atoms with Crippen LogP contribution in [0, 0.1) is 11.8 Å².